The third-order valence-corrected chi connectivity index (χ3v) is 6.62. The lowest BCUT2D eigenvalue weighted by Crippen LogP contribution is -2.39. The van der Waals surface area contributed by atoms with Crippen molar-refractivity contribution in [2.75, 3.05) is 0 Å². The zero-order valence-electron chi connectivity index (χ0n) is 16.8. The number of benzene rings is 1. The predicted molar refractivity (Wildman–Crippen MR) is 109 cm³/mol. The molecular formula is C24H24N2O4. The van der Waals surface area contributed by atoms with Gasteiger partial charge in [-0.25, -0.2) is 0 Å². The molecule has 2 fully saturated rings. The molecule has 5 atom stereocenters. The average Bonchev–Trinajstić information content (AvgIpc) is 3.51. The SMILES string of the molecule is Cc1ccc(C(CC(=O)NCc2ccccc2)N2C(=O)C3C4C=CC(C4)C3C2=O)o1. The van der Waals surface area contributed by atoms with Gasteiger partial charge in [-0.15, -0.1) is 0 Å². The molecular weight excluding hydrogens is 380 g/mol. The molecule has 5 rings (SSSR count). The van der Waals surface area contributed by atoms with Crippen LogP contribution in [-0.2, 0) is 20.9 Å². The second-order valence-electron chi connectivity index (χ2n) is 8.48. The smallest absolute Gasteiger partial charge is 0.234 e. The van der Waals surface area contributed by atoms with Gasteiger partial charge in [0, 0.05) is 6.54 Å². The van der Waals surface area contributed by atoms with E-state index in [4.69, 9.17) is 4.42 Å². The quantitative estimate of drug-likeness (QED) is 0.593. The lowest BCUT2D eigenvalue weighted by molar-refractivity contribution is -0.144. The van der Waals surface area contributed by atoms with Crippen LogP contribution in [-0.4, -0.2) is 22.6 Å². The van der Waals surface area contributed by atoms with Crippen molar-refractivity contribution in [1.82, 2.24) is 10.2 Å². The summed E-state index contributed by atoms with van der Waals surface area (Å²) in [5, 5.41) is 2.90. The van der Waals surface area contributed by atoms with Crippen molar-refractivity contribution in [3.05, 3.63) is 71.7 Å². The molecule has 1 N–H and O–H groups in total. The number of allylic oxidation sites excluding steroid dienone is 2. The fourth-order valence-electron chi connectivity index (χ4n) is 5.23. The monoisotopic (exact) mass is 404 g/mol. The molecule has 6 heteroatoms. The maximum absolute atomic E-state index is 13.3. The highest BCUT2D eigenvalue weighted by molar-refractivity contribution is 6.07. The molecule has 1 aliphatic heterocycles. The topological polar surface area (TPSA) is 79.6 Å². The molecule has 0 spiro atoms. The standard InChI is InChI=1S/C24H24N2O4/c1-14-7-10-19(30-14)18(12-20(27)25-13-15-5-3-2-4-6-15)26-23(28)21-16-8-9-17(11-16)22(21)24(26)29/h2-10,16-18,21-22H,11-13H2,1H3,(H,25,27). The minimum Gasteiger partial charge on any atom is -0.464 e. The number of likely N-dealkylation sites (tertiary alicyclic amines) is 1. The molecule has 3 aliphatic rings. The van der Waals surface area contributed by atoms with E-state index in [0.717, 1.165) is 12.0 Å². The number of imide groups is 1. The van der Waals surface area contributed by atoms with E-state index in [-0.39, 0.29) is 47.8 Å². The molecule has 6 nitrogen and oxygen atoms in total. The van der Waals surface area contributed by atoms with Crippen molar-refractivity contribution in [3.8, 4) is 0 Å². The molecule has 0 radical (unpaired) electrons. The number of hydrogen-bond acceptors (Lipinski definition) is 4. The maximum atomic E-state index is 13.3. The van der Waals surface area contributed by atoms with Gasteiger partial charge in [-0.3, -0.25) is 19.3 Å². The Morgan fingerprint density at radius 2 is 1.73 bits per heavy atom. The minimum atomic E-state index is -0.723. The summed E-state index contributed by atoms with van der Waals surface area (Å²) in [6, 6.07) is 12.4. The van der Waals surface area contributed by atoms with Crippen LogP contribution < -0.4 is 5.32 Å². The first-order valence-corrected chi connectivity index (χ1v) is 10.4. The number of carbonyl (C=O) groups is 3. The summed E-state index contributed by atoms with van der Waals surface area (Å²) in [6.45, 7) is 2.20. The first kappa shape index (κ1) is 18.9. The predicted octanol–water partition coefficient (Wildman–Crippen LogP) is 3.14. The summed E-state index contributed by atoms with van der Waals surface area (Å²) in [4.78, 5) is 40.6. The van der Waals surface area contributed by atoms with E-state index in [1.54, 1.807) is 12.1 Å². The molecule has 2 bridgehead atoms. The second-order valence-corrected chi connectivity index (χ2v) is 8.48. The van der Waals surface area contributed by atoms with Crippen LogP contribution in [0.25, 0.3) is 0 Å². The molecule has 30 heavy (non-hydrogen) atoms. The van der Waals surface area contributed by atoms with Crippen molar-refractivity contribution in [1.29, 1.82) is 0 Å². The van der Waals surface area contributed by atoms with Gasteiger partial charge in [-0.05, 0) is 42.9 Å². The summed E-state index contributed by atoms with van der Waals surface area (Å²) >= 11 is 0. The number of rotatable bonds is 6. The third kappa shape index (κ3) is 3.07. The largest absolute Gasteiger partial charge is 0.464 e. The van der Waals surface area contributed by atoms with Gasteiger partial charge < -0.3 is 9.73 Å². The van der Waals surface area contributed by atoms with Crippen LogP contribution in [0.2, 0.25) is 0 Å². The van der Waals surface area contributed by atoms with Gasteiger partial charge in [-0.2, -0.15) is 0 Å². The molecule has 3 amide bonds. The van der Waals surface area contributed by atoms with Gasteiger partial charge >= 0.3 is 0 Å². The van der Waals surface area contributed by atoms with Gasteiger partial charge in [0.05, 0.1) is 18.3 Å². The van der Waals surface area contributed by atoms with Crippen LogP contribution in [0.3, 0.4) is 0 Å². The van der Waals surface area contributed by atoms with Crippen molar-refractivity contribution in [3.63, 3.8) is 0 Å². The summed E-state index contributed by atoms with van der Waals surface area (Å²) < 4.78 is 5.77. The Kier molecular flexibility index (Phi) is 4.57. The lowest BCUT2D eigenvalue weighted by Gasteiger charge is -2.26. The van der Waals surface area contributed by atoms with Crippen LogP contribution in [0.1, 0.15) is 36.0 Å². The van der Waals surface area contributed by atoms with Crippen LogP contribution in [0.5, 0.6) is 0 Å². The van der Waals surface area contributed by atoms with E-state index in [9.17, 15) is 14.4 Å². The second kappa shape index (κ2) is 7.27. The number of nitrogens with zero attached hydrogens (tertiary/aromatic N) is 1. The number of carbonyl (C=O) groups excluding carboxylic acids is 3. The van der Waals surface area contributed by atoms with Gasteiger partial charge in [0.15, 0.2) is 0 Å². The zero-order chi connectivity index (χ0) is 20.8. The highest BCUT2D eigenvalue weighted by Crippen LogP contribution is 2.54. The van der Waals surface area contributed by atoms with E-state index in [1.807, 2.05) is 37.3 Å². The lowest BCUT2D eigenvalue weighted by atomic mass is 9.85. The number of nitrogens with one attached hydrogen (secondary N) is 1. The Labute approximate surface area is 174 Å². The average molecular weight is 404 g/mol. The Hall–Kier alpha value is -3.15. The molecule has 2 aliphatic carbocycles. The highest BCUT2D eigenvalue weighted by atomic mass is 16.3. The fraction of sp³-hybridized carbons (Fsp3) is 0.375. The summed E-state index contributed by atoms with van der Waals surface area (Å²) in [5.41, 5.74) is 0.988. The number of fused-ring (bicyclic) bond motifs is 5. The van der Waals surface area contributed by atoms with E-state index in [0.29, 0.717) is 18.1 Å². The number of hydrogen-bond donors (Lipinski definition) is 1. The maximum Gasteiger partial charge on any atom is 0.234 e. The highest BCUT2D eigenvalue weighted by Gasteiger charge is 2.60. The van der Waals surface area contributed by atoms with Crippen LogP contribution in [0.15, 0.2) is 59.0 Å². The Morgan fingerprint density at radius 3 is 2.33 bits per heavy atom. The third-order valence-electron chi connectivity index (χ3n) is 6.62. The molecule has 2 aromatic rings. The van der Waals surface area contributed by atoms with E-state index >= 15 is 0 Å². The Balaban J connectivity index is 1.37. The molecule has 2 heterocycles. The summed E-state index contributed by atoms with van der Waals surface area (Å²) in [5.74, 6) is 0.270. The molecule has 1 aromatic carbocycles. The van der Waals surface area contributed by atoms with E-state index < -0.39 is 6.04 Å². The van der Waals surface area contributed by atoms with Gasteiger partial charge in [0.25, 0.3) is 0 Å². The van der Waals surface area contributed by atoms with Crippen LogP contribution in [0, 0.1) is 30.6 Å². The van der Waals surface area contributed by atoms with Gasteiger partial charge in [-0.1, -0.05) is 42.5 Å². The number of furan rings is 1. The Bertz CT molecular complexity index is 995. The molecule has 1 aromatic heterocycles. The first-order chi connectivity index (χ1) is 14.5. The van der Waals surface area contributed by atoms with Crippen molar-refractivity contribution >= 4 is 17.7 Å². The summed E-state index contributed by atoms with van der Waals surface area (Å²) in [6.07, 6.45) is 5.00. The molecule has 1 saturated heterocycles. The van der Waals surface area contributed by atoms with Crippen LogP contribution >= 0.6 is 0 Å². The first-order valence-electron chi connectivity index (χ1n) is 10.4. The van der Waals surface area contributed by atoms with Gasteiger partial charge in [0.2, 0.25) is 17.7 Å². The van der Waals surface area contributed by atoms with Gasteiger partial charge in [0.1, 0.15) is 17.6 Å². The van der Waals surface area contributed by atoms with Crippen molar-refractivity contribution < 1.29 is 18.8 Å². The molecule has 5 unspecified atom stereocenters. The number of aryl methyl sites for hydroxylation is 1. The van der Waals surface area contributed by atoms with Crippen molar-refractivity contribution in [2.45, 2.75) is 32.4 Å². The molecule has 1 saturated carbocycles. The Morgan fingerprint density at radius 1 is 1.07 bits per heavy atom. The summed E-state index contributed by atoms with van der Waals surface area (Å²) in [7, 11) is 0. The van der Waals surface area contributed by atoms with Crippen LogP contribution in [0.4, 0.5) is 0 Å². The zero-order valence-corrected chi connectivity index (χ0v) is 16.8. The van der Waals surface area contributed by atoms with Crippen molar-refractivity contribution in [2.24, 2.45) is 23.7 Å². The molecule has 154 valence electrons. The normalized spacial score (nSPS) is 27.6. The minimum absolute atomic E-state index is 0.0144. The fourth-order valence-corrected chi connectivity index (χ4v) is 5.23. The number of amides is 3. The van der Waals surface area contributed by atoms with E-state index in [2.05, 4.69) is 17.5 Å². The van der Waals surface area contributed by atoms with E-state index in [1.165, 1.54) is 4.90 Å².